The average Bonchev–Trinajstić information content (AvgIpc) is 2.39. The molecule has 0 saturated carbocycles. The number of hydrogen-bond donors (Lipinski definition) is 1. The molecule has 0 fully saturated rings. The van der Waals surface area contributed by atoms with Crippen molar-refractivity contribution in [1.82, 2.24) is 5.32 Å². The third-order valence-electron chi connectivity index (χ3n) is 2.96. The van der Waals surface area contributed by atoms with Gasteiger partial charge in [-0.25, -0.2) is 4.39 Å². The number of amides is 1. The van der Waals surface area contributed by atoms with E-state index in [9.17, 15) is 9.18 Å². The Balaban J connectivity index is 2.61. The van der Waals surface area contributed by atoms with Gasteiger partial charge in [0.2, 0.25) is 0 Å². The van der Waals surface area contributed by atoms with Crippen molar-refractivity contribution < 1.29 is 9.18 Å². The van der Waals surface area contributed by atoms with Gasteiger partial charge in [0, 0.05) is 12.4 Å². The van der Waals surface area contributed by atoms with E-state index < -0.39 is 5.82 Å². The van der Waals surface area contributed by atoms with E-state index in [1.165, 1.54) is 6.07 Å². The lowest BCUT2D eigenvalue weighted by Crippen LogP contribution is -2.30. The number of halogens is 3. The van der Waals surface area contributed by atoms with Crippen molar-refractivity contribution in [3.05, 3.63) is 34.1 Å². The first-order valence-electron chi connectivity index (χ1n) is 6.38. The van der Waals surface area contributed by atoms with Gasteiger partial charge in [-0.05, 0) is 46.8 Å². The third-order valence-corrected chi connectivity index (χ3v) is 3.79. The lowest BCUT2D eigenvalue weighted by molar-refractivity contribution is 0.0941. The average molecular weight is 351 g/mol. The summed E-state index contributed by atoms with van der Waals surface area (Å²) in [5, 5.41) is 2.78. The predicted octanol–water partition coefficient (Wildman–Crippen LogP) is 4.36. The molecule has 19 heavy (non-hydrogen) atoms. The van der Waals surface area contributed by atoms with Crippen LogP contribution in [0.1, 0.15) is 36.5 Å². The fourth-order valence-electron chi connectivity index (χ4n) is 1.92. The Morgan fingerprint density at radius 2 is 2.21 bits per heavy atom. The van der Waals surface area contributed by atoms with E-state index in [1.54, 1.807) is 12.1 Å². The van der Waals surface area contributed by atoms with Crippen molar-refractivity contribution in [3.63, 3.8) is 0 Å². The van der Waals surface area contributed by atoms with E-state index in [-0.39, 0.29) is 11.5 Å². The van der Waals surface area contributed by atoms with Gasteiger partial charge < -0.3 is 5.32 Å². The number of rotatable bonds is 7. The fourth-order valence-corrected chi connectivity index (χ4v) is 2.60. The van der Waals surface area contributed by atoms with Crippen LogP contribution in [-0.4, -0.2) is 18.3 Å². The molecular formula is C14H18BrClFNO. The molecule has 0 bridgehead atoms. The van der Waals surface area contributed by atoms with Gasteiger partial charge in [-0.3, -0.25) is 4.79 Å². The Hall–Kier alpha value is -0.610. The first-order chi connectivity index (χ1) is 9.10. The zero-order chi connectivity index (χ0) is 14.3. The molecule has 1 N–H and O–H groups in total. The smallest absolute Gasteiger partial charge is 0.254 e. The summed E-state index contributed by atoms with van der Waals surface area (Å²) in [7, 11) is 0. The summed E-state index contributed by atoms with van der Waals surface area (Å²) in [6, 6.07) is 4.69. The van der Waals surface area contributed by atoms with Gasteiger partial charge in [-0.15, -0.1) is 11.6 Å². The van der Waals surface area contributed by atoms with E-state index in [1.807, 2.05) is 0 Å². The molecule has 1 rings (SSSR count). The minimum Gasteiger partial charge on any atom is -0.352 e. The molecule has 1 unspecified atom stereocenters. The third kappa shape index (κ3) is 5.11. The van der Waals surface area contributed by atoms with Crippen LogP contribution in [0.2, 0.25) is 0 Å². The molecule has 1 amide bonds. The second-order valence-corrected chi connectivity index (χ2v) is 5.68. The van der Waals surface area contributed by atoms with Crippen LogP contribution < -0.4 is 5.32 Å². The lowest BCUT2D eigenvalue weighted by atomic mass is 10.0. The monoisotopic (exact) mass is 349 g/mol. The van der Waals surface area contributed by atoms with E-state index in [2.05, 4.69) is 28.2 Å². The second-order valence-electron chi connectivity index (χ2n) is 4.44. The van der Waals surface area contributed by atoms with Crippen LogP contribution >= 0.6 is 27.5 Å². The maximum Gasteiger partial charge on any atom is 0.254 e. The number of carbonyl (C=O) groups excluding carboxylic acids is 1. The zero-order valence-corrected chi connectivity index (χ0v) is 13.2. The molecule has 0 saturated heterocycles. The zero-order valence-electron chi connectivity index (χ0n) is 10.9. The van der Waals surface area contributed by atoms with Crippen molar-refractivity contribution in [1.29, 1.82) is 0 Å². The molecule has 0 aliphatic carbocycles. The highest BCUT2D eigenvalue weighted by Crippen LogP contribution is 2.18. The summed E-state index contributed by atoms with van der Waals surface area (Å²) in [5.74, 6) is 0.0201. The van der Waals surface area contributed by atoms with Gasteiger partial charge in [0.15, 0.2) is 0 Å². The van der Waals surface area contributed by atoms with Crippen LogP contribution in [0.3, 0.4) is 0 Å². The lowest BCUT2D eigenvalue weighted by Gasteiger charge is -2.15. The van der Waals surface area contributed by atoms with E-state index in [4.69, 9.17) is 11.6 Å². The normalized spacial score (nSPS) is 12.2. The number of nitrogens with one attached hydrogen (secondary N) is 1. The highest BCUT2D eigenvalue weighted by molar-refractivity contribution is 9.10. The van der Waals surface area contributed by atoms with Gasteiger partial charge in [0.1, 0.15) is 5.82 Å². The largest absolute Gasteiger partial charge is 0.352 e. The SMILES string of the molecule is CCCC(CCCl)CNC(=O)c1cccc(Br)c1F. The topological polar surface area (TPSA) is 29.1 Å². The van der Waals surface area contributed by atoms with Crippen molar-refractivity contribution in [3.8, 4) is 0 Å². The molecule has 0 aliphatic heterocycles. The Labute approximate surface area is 126 Å². The summed E-state index contributed by atoms with van der Waals surface area (Å²) in [6.07, 6.45) is 2.91. The molecule has 2 nitrogen and oxygen atoms in total. The van der Waals surface area contributed by atoms with Gasteiger partial charge in [-0.1, -0.05) is 19.4 Å². The molecule has 106 valence electrons. The van der Waals surface area contributed by atoms with E-state index in [0.717, 1.165) is 19.3 Å². The van der Waals surface area contributed by atoms with Crippen LogP contribution in [0.25, 0.3) is 0 Å². The molecule has 1 atom stereocenters. The molecule has 0 spiro atoms. The highest BCUT2D eigenvalue weighted by atomic mass is 79.9. The standard InChI is InChI=1S/C14H18BrClFNO/c1-2-4-10(7-8-16)9-18-14(19)11-5-3-6-12(15)13(11)17/h3,5-6,10H,2,4,7-9H2,1H3,(H,18,19). The Morgan fingerprint density at radius 3 is 2.84 bits per heavy atom. The molecule has 1 aromatic rings. The quantitative estimate of drug-likeness (QED) is 0.727. The Bertz CT molecular complexity index is 422. The van der Waals surface area contributed by atoms with Crippen molar-refractivity contribution in [2.45, 2.75) is 26.2 Å². The van der Waals surface area contributed by atoms with Crippen molar-refractivity contribution >= 4 is 33.4 Å². The summed E-state index contributed by atoms with van der Waals surface area (Å²) < 4.78 is 14.0. The van der Waals surface area contributed by atoms with E-state index in [0.29, 0.717) is 22.8 Å². The molecule has 0 heterocycles. The number of benzene rings is 1. The highest BCUT2D eigenvalue weighted by Gasteiger charge is 2.15. The number of alkyl halides is 1. The summed E-state index contributed by atoms with van der Waals surface area (Å²) in [6.45, 7) is 2.63. The summed E-state index contributed by atoms with van der Waals surface area (Å²) in [5.41, 5.74) is 0.0653. The fraction of sp³-hybridized carbons (Fsp3) is 0.500. The van der Waals surface area contributed by atoms with Gasteiger partial charge in [0.25, 0.3) is 5.91 Å². The maximum absolute atomic E-state index is 13.7. The number of carbonyl (C=O) groups is 1. The van der Waals surface area contributed by atoms with Crippen LogP contribution in [0.4, 0.5) is 4.39 Å². The number of hydrogen-bond acceptors (Lipinski definition) is 1. The minimum absolute atomic E-state index is 0.0653. The molecule has 1 aromatic carbocycles. The Morgan fingerprint density at radius 1 is 1.47 bits per heavy atom. The maximum atomic E-state index is 13.7. The molecule has 5 heteroatoms. The first-order valence-corrected chi connectivity index (χ1v) is 7.71. The molecule has 0 aliphatic rings. The molecular weight excluding hydrogens is 333 g/mol. The van der Waals surface area contributed by atoms with Gasteiger partial charge in [0.05, 0.1) is 10.0 Å². The second kappa shape index (κ2) is 8.54. The van der Waals surface area contributed by atoms with Crippen LogP contribution in [0, 0.1) is 11.7 Å². The predicted molar refractivity (Wildman–Crippen MR) is 80.2 cm³/mol. The van der Waals surface area contributed by atoms with Crippen LogP contribution in [0.15, 0.2) is 22.7 Å². The van der Waals surface area contributed by atoms with Crippen LogP contribution in [-0.2, 0) is 0 Å². The van der Waals surface area contributed by atoms with Crippen molar-refractivity contribution in [2.75, 3.05) is 12.4 Å². The minimum atomic E-state index is -0.524. The van der Waals surface area contributed by atoms with Gasteiger partial charge >= 0.3 is 0 Å². The van der Waals surface area contributed by atoms with Crippen molar-refractivity contribution in [2.24, 2.45) is 5.92 Å². The molecule has 0 aromatic heterocycles. The Kier molecular flexibility index (Phi) is 7.39. The summed E-state index contributed by atoms with van der Waals surface area (Å²) >= 11 is 8.80. The van der Waals surface area contributed by atoms with E-state index >= 15 is 0 Å². The summed E-state index contributed by atoms with van der Waals surface area (Å²) in [4.78, 5) is 11.9. The molecule has 0 radical (unpaired) electrons. The van der Waals surface area contributed by atoms with Crippen LogP contribution in [0.5, 0.6) is 0 Å². The first kappa shape index (κ1) is 16.4. The van der Waals surface area contributed by atoms with Gasteiger partial charge in [-0.2, -0.15) is 0 Å².